The van der Waals surface area contributed by atoms with Crippen molar-refractivity contribution in [2.75, 3.05) is 0 Å². The average Bonchev–Trinajstić information content (AvgIpc) is 2.37. The Labute approximate surface area is 117 Å². The van der Waals surface area contributed by atoms with E-state index in [1.165, 1.54) is 83.5 Å². The summed E-state index contributed by atoms with van der Waals surface area (Å²) in [5.41, 5.74) is 0. The van der Waals surface area contributed by atoms with Gasteiger partial charge < -0.3 is 0 Å². The Bertz CT molecular complexity index is 139. The molecule has 0 bridgehead atoms. The van der Waals surface area contributed by atoms with Gasteiger partial charge in [0.1, 0.15) is 0 Å². The molecule has 0 aromatic carbocycles. The summed E-state index contributed by atoms with van der Waals surface area (Å²) >= 11 is 0. The highest BCUT2D eigenvalue weighted by Gasteiger charge is 2.01. The second-order valence-corrected chi connectivity index (χ2v) is 6.07. The molecule has 1 unspecified atom stereocenters. The lowest BCUT2D eigenvalue weighted by Crippen LogP contribution is -1.94. The van der Waals surface area contributed by atoms with Gasteiger partial charge in [-0.1, -0.05) is 111 Å². The van der Waals surface area contributed by atoms with Crippen molar-refractivity contribution in [1.29, 1.82) is 0 Å². The molecule has 0 fully saturated rings. The van der Waals surface area contributed by atoms with Crippen LogP contribution in [0.1, 0.15) is 104 Å². The Morgan fingerprint density at radius 1 is 0.667 bits per heavy atom. The van der Waals surface area contributed by atoms with Crippen LogP contribution in [-0.2, 0) is 0 Å². The summed E-state index contributed by atoms with van der Waals surface area (Å²) < 4.78 is 0. The van der Waals surface area contributed by atoms with Gasteiger partial charge in [0.2, 0.25) is 0 Å². The highest BCUT2D eigenvalue weighted by Crippen LogP contribution is 2.17. The first kappa shape index (κ1) is 18.0. The van der Waals surface area contributed by atoms with Crippen molar-refractivity contribution in [3.05, 3.63) is 6.92 Å². The molecule has 0 heteroatoms. The number of hydrogen-bond donors (Lipinski definition) is 0. The van der Waals surface area contributed by atoms with Crippen LogP contribution in [0.2, 0.25) is 0 Å². The van der Waals surface area contributed by atoms with Gasteiger partial charge in [0.25, 0.3) is 0 Å². The van der Waals surface area contributed by atoms with Crippen LogP contribution in [0.3, 0.4) is 0 Å². The highest BCUT2D eigenvalue weighted by molar-refractivity contribution is 4.55. The van der Waals surface area contributed by atoms with Gasteiger partial charge in [-0.15, -0.1) is 0 Å². The van der Waals surface area contributed by atoms with Gasteiger partial charge in [0.05, 0.1) is 0 Å². The Morgan fingerprint density at radius 2 is 1.11 bits per heavy atom. The van der Waals surface area contributed by atoms with E-state index < -0.39 is 0 Å². The minimum atomic E-state index is 0.966. The van der Waals surface area contributed by atoms with E-state index in [4.69, 9.17) is 0 Å². The van der Waals surface area contributed by atoms with Crippen molar-refractivity contribution in [1.82, 2.24) is 0 Å². The lowest BCUT2D eigenvalue weighted by molar-refractivity contribution is 0.436. The fraction of sp³-hybridized carbons (Fsp3) is 0.944. The van der Waals surface area contributed by atoms with Gasteiger partial charge in [-0.25, -0.2) is 0 Å². The van der Waals surface area contributed by atoms with Gasteiger partial charge in [0, 0.05) is 0 Å². The van der Waals surface area contributed by atoms with Gasteiger partial charge in [-0.3, -0.25) is 0 Å². The maximum absolute atomic E-state index is 3.89. The molecular weight excluding hydrogens is 216 g/mol. The summed E-state index contributed by atoms with van der Waals surface area (Å²) in [7, 11) is 0. The Balaban J connectivity index is 3.05. The molecular formula is C18H37. The maximum atomic E-state index is 3.89. The van der Waals surface area contributed by atoms with Gasteiger partial charge in [-0.2, -0.15) is 0 Å². The summed E-state index contributed by atoms with van der Waals surface area (Å²) in [5, 5.41) is 0. The first-order chi connectivity index (χ1) is 8.81. The van der Waals surface area contributed by atoms with Crippen molar-refractivity contribution in [2.45, 2.75) is 104 Å². The fourth-order valence-corrected chi connectivity index (χ4v) is 2.62. The molecule has 0 N–H and O–H groups in total. The van der Waals surface area contributed by atoms with E-state index in [1.807, 2.05) is 0 Å². The molecule has 0 aliphatic rings. The van der Waals surface area contributed by atoms with Gasteiger partial charge in [-0.05, 0) is 5.92 Å². The van der Waals surface area contributed by atoms with E-state index >= 15 is 0 Å². The van der Waals surface area contributed by atoms with E-state index in [2.05, 4.69) is 20.8 Å². The standard InChI is InChI=1S/C18H37/c1-4-6-8-9-10-11-12-13-15-17-18(3)16-14-7-5-2/h18H,1,4-17H2,2-3H3. The first-order valence-corrected chi connectivity index (χ1v) is 8.60. The third-order valence-corrected chi connectivity index (χ3v) is 4.00. The number of rotatable bonds is 14. The van der Waals surface area contributed by atoms with Gasteiger partial charge >= 0.3 is 0 Å². The molecule has 0 aromatic rings. The van der Waals surface area contributed by atoms with E-state index in [0.29, 0.717) is 0 Å². The zero-order valence-corrected chi connectivity index (χ0v) is 13.2. The van der Waals surface area contributed by atoms with Crippen LogP contribution in [0.5, 0.6) is 0 Å². The van der Waals surface area contributed by atoms with E-state index in [-0.39, 0.29) is 0 Å². The third kappa shape index (κ3) is 14.1. The fourth-order valence-electron chi connectivity index (χ4n) is 2.62. The second-order valence-electron chi connectivity index (χ2n) is 6.07. The van der Waals surface area contributed by atoms with E-state index in [0.717, 1.165) is 12.3 Å². The molecule has 0 saturated heterocycles. The molecule has 0 heterocycles. The number of unbranched alkanes of at least 4 members (excludes halogenated alkanes) is 10. The van der Waals surface area contributed by atoms with Crippen molar-refractivity contribution < 1.29 is 0 Å². The molecule has 0 spiro atoms. The molecule has 0 rings (SSSR count). The Kier molecular flexibility index (Phi) is 15.1. The molecule has 0 nitrogen and oxygen atoms in total. The molecule has 0 aliphatic carbocycles. The van der Waals surface area contributed by atoms with Crippen LogP contribution in [0, 0.1) is 12.8 Å². The summed E-state index contributed by atoms with van der Waals surface area (Å²) in [6, 6.07) is 0. The molecule has 18 heavy (non-hydrogen) atoms. The van der Waals surface area contributed by atoms with Gasteiger partial charge in [0.15, 0.2) is 0 Å². The molecule has 1 radical (unpaired) electrons. The molecule has 0 aliphatic heterocycles. The smallest absolute Gasteiger partial charge is 0.0443 e. The van der Waals surface area contributed by atoms with Crippen molar-refractivity contribution in [3.63, 3.8) is 0 Å². The van der Waals surface area contributed by atoms with E-state index in [9.17, 15) is 0 Å². The predicted octanol–water partition coefficient (Wildman–Crippen LogP) is 6.94. The largest absolute Gasteiger partial charge is 0.0654 e. The van der Waals surface area contributed by atoms with Crippen LogP contribution in [0.15, 0.2) is 0 Å². The highest BCUT2D eigenvalue weighted by atomic mass is 14.1. The van der Waals surface area contributed by atoms with Crippen LogP contribution in [-0.4, -0.2) is 0 Å². The van der Waals surface area contributed by atoms with Crippen LogP contribution >= 0.6 is 0 Å². The summed E-state index contributed by atoms with van der Waals surface area (Å²) in [6.07, 6.45) is 19.7. The molecule has 1 atom stereocenters. The average molecular weight is 253 g/mol. The predicted molar refractivity (Wildman–Crippen MR) is 84.8 cm³/mol. The first-order valence-electron chi connectivity index (χ1n) is 8.60. The van der Waals surface area contributed by atoms with Crippen molar-refractivity contribution >= 4 is 0 Å². The lowest BCUT2D eigenvalue weighted by Gasteiger charge is -2.10. The maximum Gasteiger partial charge on any atom is -0.0443 e. The number of hydrogen-bond acceptors (Lipinski definition) is 0. The molecule has 109 valence electrons. The normalized spacial score (nSPS) is 12.8. The zero-order valence-electron chi connectivity index (χ0n) is 13.2. The third-order valence-electron chi connectivity index (χ3n) is 4.00. The van der Waals surface area contributed by atoms with Crippen LogP contribution < -0.4 is 0 Å². The van der Waals surface area contributed by atoms with Crippen LogP contribution in [0.4, 0.5) is 0 Å². The Morgan fingerprint density at radius 3 is 1.61 bits per heavy atom. The lowest BCUT2D eigenvalue weighted by atomic mass is 9.96. The minimum Gasteiger partial charge on any atom is -0.0654 e. The van der Waals surface area contributed by atoms with Crippen molar-refractivity contribution in [3.8, 4) is 0 Å². The van der Waals surface area contributed by atoms with Crippen molar-refractivity contribution in [2.24, 2.45) is 5.92 Å². The minimum absolute atomic E-state index is 0.966. The molecule has 0 aromatic heterocycles. The molecule has 0 amide bonds. The van der Waals surface area contributed by atoms with Crippen LogP contribution in [0.25, 0.3) is 0 Å². The summed E-state index contributed by atoms with van der Waals surface area (Å²) in [4.78, 5) is 0. The van der Waals surface area contributed by atoms with E-state index in [1.54, 1.807) is 0 Å². The zero-order chi connectivity index (χ0) is 13.5. The quantitative estimate of drug-likeness (QED) is 0.294. The molecule has 0 saturated carbocycles. The SMILES string of the molecule is [CH2]CCCCCCCCCCC(C)CCCCC. The summed E-state index contributed by atoms with van der Waals surface area (Å²) in [5.74, 6) is 0.966. The Hall–Kier alpha value is 0. The topological polar surface area (TPSA) is 0 Å². The second kappa shape index (κ2) is 15.1. The summed E-state index contributed by atoms with van der Waals surface area (Å²) in [6.45, 7) is 8.62. The monoisotopic (exact) mass is 253 g/mol.